The minimum Gasteiger partial charge on any atom is -0.467 e. The summed E-state index contributed by atoms with van der Waals surface area (Å²) in [4.78, 5) is 14.9. The fourth-order valence-corrected chi connectivity index (χ4v) is 1.92. The van der Waals surface area contributed by atoms with E-state index in [9.17, 15) is 0 Å². The smallest absolute Gasteiger partial charge is 0.322 e. The maximum Gasteiger partial charge on any atom is 0.322 e. The SMILES string of the molecule is CCNc1nc(OC)nc(N2CCC(OC)C2)n1. The highest BCUT2D eigenvalue weighted by Crippen LogP contribution is 2.20. The van der Waals surface area contributed by atoms with Gasteiger partial charge in [-0.1, -0.05) is 0 Å². The molecule has 0 aromatic carbocycles. The highest BCUT2D eigenvalue weighted by Gasteiger charge is 2.25. The van der Waals surface area contributed by atoms with Crippen molar-refractivity contribution >= 4 is 11.9 Å². The van der Waals surface area contributed by atoms with Gasteiger partial charge in [-0.25, -0.2) is 0 Å². The first-order valence-electron chi connectivity index (χ1n) is 6.08. The topological polar surface area (TPSA) is 72.4 Å². The van der Waals surface area contributed by atoms with Gasteiger partial charge in [0.25, 0.3) is 0 Å². The number of hydrogen-bond acceptors (Lipinski definition) is 7. The van der Waals surface area contributed by atoms with Gasteiger partial charge in [-0.05, 0) is 13.3 Å². The van der Waals surface area contributed by atoms with E-state index in [0.717, 1.165) is 26.1 Å². The van der Waals surface area contributed by atoms with Gasteiger partial charge in [0.05, 0.1) is 13.2 Å². The molecule has 7 nitrogen and oxygen atoms in total. The van der Waals surface area contributed by atoms with Crippen molar-refractivity contribution in [3.8, 4) is 6.01 Å². The molecule has 1 atom stereocenters. The molecule has 0 bridgehead atoms. The number of methoxy groups -OCH3 is 2. The maximum atomic E-state index is 5.34. The highest BCUT2D eigenvalue weighted by molar-refractivity contribution is 5.39. The lowest BCUT2D eigenvalue weighted by molar-refractivity contribution is 0.121. The van der Waals surface area contributed by atoms with E-state index in [-0.39, 0.29) is 6.10 Å². The quantitative estimate of drug-likeness (QED) is 0.820. The Bertz CT molecular complexity index is 401. The van der Waals surface area contributed by atoms with E-state index in [1.54, 1.807) is 14.2 Å². The summed E-state index contributed by atoms with van der Waals surface area (Å²) in [5.74, 6) is 1.18. The number of nitrogens with one attached hydrogen (secondary N) is 1. The van der Waals surface area contributed by atoms with Crippen LogP contribution in [0.3, 0.4) is 0 Å². The number of anilines is 2. The van der Waals surface area contributed by atoms with E-state index < -0.39 is 0 Å². The summed E-state index contributed by atoms with van der Waals surface area (Å²) in [7, 11) is 3.28. The molecule has 100 valence electrons. The maximum absolute atomic E-state index is 5.34. The van der Waals surface area contributed by atoms with Crippen molar-refractivity contribution in [1.82, 2.24) is 15.0 Å². The average Bonchev–Trinajstić information content (AvgIpc) is 2.87. The normalized spacial score (nSPS) is 19.1. The van der Waals surface area contributed by atoms with Crippen LogP contribution in [0.15, 0.2) is 0 Å². The van der Waals surface area contributed by atoms with Crippen molar-refractivity contribution in [1.29, 1.82) is 0 Å². The standard InChI is InChI=1S/C11H19N5O2/c1-4-12-9-13-10(15-11(14-9)18-3)16-6-5-8(7-16)17-2/h8H,4-7H2,1-3H3,(H,12,13,14,15). The van der Waals surface area contributed by atoms with E-state index in [1.807, 2.05) is 6.92 Å². The van der Waals surface area contributed by atoms with Gasteiger partial charge in [-0.15, -0.1) is 0 Å². The van der Waals surface area contributed by atoms with Gasteiger partial charge in [-0.2, -0.15) is 15.0 Å². The van der Waals surface area contributed by atoms with E-state index >= 15 is 0 Å². The lowest BCUT2D eigenvalue weighted by Crippen LogP contribution is -2.25. The number of aromatic nitrogens is 3. The van der Waals surface area contributed by atoms with Crippen LogP contribution in [0.5, 0.6) is 6.01 Å². The third kappa shape index (κ3) is 2.79. The molecule has 2 rings (SSSR count). The van der Waals surface area contributed by atoms with Crippen LogP contribution in [0.1, 0.15) is 13.3 Å². The predicted molar refractivity (Wildman–Crippen MR) is 68.2 cm³/mol. The molecule has 2 heterocycles. The summed E-state index contributed by atoms with van der Waals surface area (Å²) < 4.78 is 10.4. The number of hydrogen-bond donors (Lipinski definition) is 1. The van der Waals surface area contributed by atoms with Crippen LogP contribution in [0, 0.1) is 0 Å². The van der Waals surface area contributed by atoms with Gasteiger partial charge in [0, 0.05) is 26.7 Å². The van der Waals surface area contributed by atoms with E-state index in [1.165, 1.54) is 0 Å². The molecule has 1 aliphatic rings. The summed E-state index contributed by atoms with van der Waals surface area (Å²) in [6.45, 7) is 4.44. The minimum absolute atomic E-state index is 0.246. The molecular formula is C11H19N5O2. The van der Waals surface area contributed by atoms with Crippen LogP contribution in [0.2, 0.25) is 0 Å². The Morgan fingerprint density at radius 3 is 2.78 bits per heavy atom. The summed E-state index contributed by atoms with van der Waals surface area (Å²) in [5, 5.41) is 3.07. The zero-order valence-electron chi connectivity index (χ0n) is 11.0. The van der Waals surface area contributed by atoms with Gasteiger partial charge in [0.15, 0.2) is 0 Å². The van der Waals surface area contributed by atoms with Gasteiger partial charge in [-0.3, -0.25) is 0 Å². The zero-order chi connectivity index (χ0) is 13.0. The molecule has 18 heavy (non-hydrogen) atoms. The molecule has 1 aromatic heterocycles. The van der Waals surface area contributed by atoms with Crippen LogP contribution >= 0.6 is 0 Å². The first kappa shape index (κ1) is 12.8. The van der Waals surface area contributed by atoms with Crippen molar-refractivity contribution in [2.75, 3.05) is 44.1 Å². The van der Waals surface area contributed by atoms with Crippen molar-refractivity contribution in [2.45, 2.75) is 19.4 Å². The summed E-state index contributed by atoms with van der Waals surface area (Å²) >= 11 is 0. The summed E-state index contributed by atoms with van der Waals surface area (Å²) in [6.07, 6.45) is 1.23. The molecule has 0 spiro atoms. The number of ether oxygens (including phenoxy) is 2. The molecule has 0 saturated carbocycles. The van der Waals surface area contributed by atoms with Crippen LogP contribution in [0.4, 0.5) is 11.9 Å². The Kier molecular flexibility index (Phi) is 4.14. The first-order valence-corrected chi connectivity index (χ1v) is 6.08. The van der Waals surface area contributed by atoms with Crippen molar-refractivity contribution in [3.63, 3.8) is 0 Å². The molecule has 1 aromatic rings. The van der Waals surface area contributed by atoms with Crippen molar-refractivity contribution < 1.29 is 9.47 Å². The lowest BCUT2D eigenvalue weighted by Gasteiger charge is -2.17. The third-order valence-electron chi connectivity index (χ3n) is 2.88. The molecule has 1 saturated heterocycles. The van der Waals surface area contributed by atoms with Crippen LogP contribution in [0.25, 0.3) is 0 Å². The Labute approximate surface area is 107 Å². The van der Waals surface area contributed by atoms with E-state index in [0.29, 0.717) is 17.9 Å². The summed E-state index contributed by atoms with van der Waals surface area (Å²) in [6, 6.07) is 0.330. The number of nitrogens with zero attached hydrogens (tertiary/aromatic N) is 4. The van der Waals surface area contributed by atoms with Crippen LogP contribution in [-0.2, 0) is 4.74 Å². The van der Waals surface area contributed by atoms with Gasteiger partial charge >= 0.3 is 6.01 Å². The summed E-state index contributed by atoms with van der Waals surface area (Å²) in [5.41, 5.74) is 0. The van der Waals surface area contributed by atoms with E-state index in [4.69, 9.17) is 9.47 Å². The second kappa shape index (κ2) is 5.81. The largest absolute Gasteiger partial charge is 0.467 e. The van der Waals surface area contributed by atoms with Gasteiger partial charge < -0.3 is 19.7 Å². The fraction of sp³-hybridized carbons (Fsp3) is 0.727. The Morgan fingerprint density at radius 2 is 2.17 bits per heavy atom. The van der Waals surface area contributed by atoms with E-state index in [2.05, 4.69) is 25.2 Å². The second-order valence-electron chi connectivity index (χ2n) is 4.07. The zero-order valence-corrected chi connectivity index (χ0v) is 11.0. The van der Waals surface area contributed by atoms with Crippen molar-refractivity contribution in [3.05, 3.63) is 0 Å². The third-order valence-corrected chi connectivity index (χ3v) is 2.88. The van der Waals surface area contributed by atoms with Crippen LogP contribution < -0.4 is 15.0 Å². The van der Waals surface area contributed by atoms with Crippen molar-refractivity contribution in [2.24, 2.45) is 0 Å². The second-order valence-corrected chi connectivity index (χ2v) is 4.07. The molecule has 1 aliphatic heterocycles. The van der Waals surface area contributed by atoms with Gasteiger partial charge in [0.2, 0.25) is 11.9 Å². The molecule has 0 amide bonds. The molecular weight excluding hydrogens is 234 g/mol. The lowest BCUT2D eigenvalue weighted by atomic mass is 10.3. The predicted octanol–water partition coefficient (Wildman–Crippen LogP) is 0.537. The average molecular weight is 253 g/mol. The Hall–Kier alpha value is -1.63. The first-order chi connectivity index (χ1) is 8.76. The fourth-order valence-electron chi connectivity index (χ4n) is 1.92. The van der Waals surface area contributed by atoms with Crippen LogP contribution in [-0.4, -0.2) is 54.9 Å². The highest BCUT2D eigenvalue weighted by atomic mass is 16.5. The minimum atomic E-state index is 0.246. The molecule has 0 aliphatic carbocycles. The van der Waals surface area contributed by atoms with Gasteiger partial charge in [0.1, 0.15) is 0 Å². The monoisotopic (exact) mass is 253 g/mol. The molecule has 1 fully saturated rings. The molecule has 0 radical (unpaired) electrons. The molecule has 1 unspecified atom stereocenters. The Morgan fingerprint density at radius 1 is 1.33 bits per heavy atom. The Balaban J connectivity index is 2.18. The molecule has 1 N–H and O–H groups in total. The molecule has 7 heteroatoms. The number of rotatable bonds is 5.